The van der Waals surface area contributed by atoms with Crippen molar-refractivity contribution in [3.05, 3.63) is 52.8 Å². The summed E-state index contributed by atoms with van der Waals surface area (Å²) < 4.78 is 1.66. The highest BCUT2D eigenvalue weighted by atomic mass is 16.3. The maximum absolute atomic E-state index is 12.8. The number of nitrogens with zero attached hydrogens (tertiary/aromatic N) is 3. The van der Waals surface area contributed by atoms with Gasteiger partial charge >= 0.3 is 0 Å². The third-order valence-corrected chi connectivity index (χ3v) is 4.67. The molecule has 0 aliphatic heterocycles. The Labute approximate surface area is 155 Å². The Balaban J connectivity index is 1.62. The number of nitrogens with one attached hydrogen (secondary N) is 2. The standard InChI is InChI=1S/C19H19N5O3/c1-10-16-13(9-14(11-7-8-11)20-17(16)24(2)23-10)19(27)22-21-18(26)12-5-3-4-6-15(12)25/h3-6,9,11,25H,7-8H2,1-2H3,(H,21,26)(H,22,27). The lowest BCUT2D eigenvalue weighted by molar-refractivity contribution is 0.0846. The third kappa shape index (κ3) is 3.10. The molecule has 8 heteroatoms. The molecule has 0 bridgehead atoms. The molecule has 1 saturated carbocycles. The number of phenols is 1. The smallest absolute Gasteiger partial charge is 0.273 e. The quantitative estimate of drug-likeness (QED) is 0.615. The monoisotopic (exact) mass is 365 g/mol. The molecule has 4 rings (SSSR count). The van der Waals surface area contributed by atoms with Crippen LogP contribution in [-0.4, -0.2) is 31.7 Å². The van der Waals surface area contributed by atoms with Gasteiger partial charge in [-0.15, -0.1) is 0 Å². The fourth-order valence-corrected chi connectivity index (χ4v) is 3.15. The summed E-state index contributed by atoms with van der Waals surface area (Å²) in [6.45, 7) is 1.82. The van der Waals surface area contributed by atoms with E-state index in [1.54, 1.807) is 29.9 Å². The molecule has 3 N–H and O–H groups in total. The van der Waals surface area contributed by atoms with Gasteiger partial charge in [-0.05, 0) is 38.0 Å². The Bertz CT molecular complexity index is 1070. The number of aromatic nitrogens is 3. The number of rotatable bonds is 3. The van der Waals surface area contributed by atoms with E-state index < -0.39 is 11.8 Å². The summed E-state index contributed by atoms with van der Waals surface area (Å²) in [6.07, 6.45) is 2.11. The first-order valence-electron chi connectivity index (χ1n) is 8.68. The SMILES string of the molecule is Cc1nn(C)c2nc(C3CC3)cc(C(=O)NNC(=O)c3ccccc3O)c12. The highest BCUT2D eigenvalue weighted by Gasteiger charge is 2.28. The summed E-state index contributed by atoms with van der Waals surface area (Å²) in [7, 11) is 1.79. The molecule has 0 saturated heterocycles. The molecule has 2 amide bonds. The summed E-state index contributed by atoms with van der Waals surface area (Å²) in [4.78, 5) is 29.6. The van der Waals surface area contributed by atoms with E-state index in [0.717, 1.165) is 18.5 Å². The summed E-state index contributed by atoms with van der Waals surface area (Å²) in [5.41, 5.74) is 7.48. The zero-order valence-corrected chi connectivity index (χ0v) is 15.0. The zero-order valence-electron chi connectivity index (χ0n) is 15.0. The van der Waals surface area contributed by atoms with E-state index in [9.17, 15) is 14.7 Å². The maximum Gasteiger partial charge on any atom is 0.273 e. The van der Waals surface area contributed by atoms with Crippen LogP contribution in [0, 0.1) is 6.92 Å². The highest BCUT2D eigenvalue weighted by Crippen LogP contribution is 2.40. The van der Waals surface area contributed by atoms with Gasteiger partial charge in [0.25, 0.3) is 11.8 Å². The second kappa shape index (κ2) is 6.39. The van der Waals surface area contributed by atoms with Crippen LogP contribution < -0.4 is 10.9 Å². The molecule has 0 radical (unpaired) electrons. The van der Waals surface area contributed by atoms with Gasteiger partial charge in [0.05, 0.1) is 22.2 Å². The number of phenolic OH excluding ortho intramolecular Hbond substituents is 1. The molecule has 2 heterocycles. The van der Waals surface area contributed by atoms with Gasteiger partial charge in [0.15, 0.2) is 5.65 Å². The first kappa shape index (κ1) is 17.0. The molecule has 1 aromatic carbocycles. The Hall–Kier alpha value is -3.42. The van der Waals surface area contributed by atoms with Gasteiger partial charge in [-0.25, -0.2) is 4.98 Å². The summed E-state index contributed by atoms with van der Waals surface area (Å²) >= 11 is 0. The van der Waals surface area contributed by atoms with Crippen LogP contribution >= 0.6 is 0 Å². The second-order valence-electron chi connectivity index (χ2n) is 6.70. The summed E-state index contributed by atoms with van der Waals surface area (Å²) in [6, 6.07) is 7.89. The van der Waals surface area contributed by atoms with Crippen molar-refractivity contribution in [1.82, 2.24) is 25.6 Å². The van der Waals surface area contributed by atoms with Gasteiger partial charge in [-0.1, -0.05) is 12.1 Å². The number of pyridine rings is 1. The van der Waals surface area contributed by atoms with Crippen molar-refractivity contribution in [2.45, 2.75) is 25.7 Å². The normalized spacial score (nSPS) is 13.6. The number of hydrazine groups is 1. The molecule has 1 aliphatic carbocycles. The van der Waals surface area contributed by atoms with Crippen LogP contribution in [0.3, 0.4) is 0 Å². The summed E-state index contributed by atoms with van der Waals surface area (Å²) in [5.74, 6) is -0.845. The number of aromatic hydroxyl groups is 1. The molecular formula is C19H19N5O3. The molecule has 27 heavy (non-hydrogen) atoms. The van der Waals surface area contributed by atoms with Gasteiger partial charge < -0.3 is 5.11 Å². The van der Waals surface area contributed by atoms with Crippen molar-refractivity contribution < 1.29 is 14.7 Å². The zero-order chi connectivity index (χ0) is 19.1. The molecule has 1 aliphatic rings. The molecule has 0 unspecified atom stereocenters. The number of hydrogen-bond acceptors (Lipinski definition) is 5. The largest absolute Gasteiger partial charge is 0.507 e. The maximum atomic E-state index is 12.8. The van der Waals surface area contributed by atoms with Crippen LogP contribution in [0.2, 0.25) is 0 Å². The van der Waals surface area contributed by atoms with Crippen LogP contribution in [0.25, 0.3) is 11.0 Å². The lowest BCUT2D eigenvalue weighted by Crippen LogP contribution is -2.41. The fraction of sp³-hybridized carbons (Fsp3) is 0.263. The fourth-order valence-electron chi connectivity index (χ4n) is 3.15. The van der Waals surface area contributed by atoms with Crippen LogP contribution in [0.5, 0.6) is 5.75 Å². The molecule has 0 spiro atoms. The lowest BCUT2D eigenvalue weighted by atomic mass is 10.1. The Morgan fingerprint density at radius 1 is 1.15 bits per heavy atom. The predicted molar refractivity (Wildman–Crippen MR) is 98.3 cm³/mol. The molecule has 1 fully saturated rings. The molecular weight excluding hydrogens is 346 g/mol. The van der Waals surface area contributed by atoms with Crippen molar-refractivity contribution in [3.63, 3.8) is 0 Å². The van der Waals surface area contributed by atoms with Gasteiger partial charge in [-0.2, -0.15) is 5.10 Å². The van der Waals surface area contributed by atoms with Crippen molar-refractivity contribution in [3.8, 4) is 5.75 Å². The van der Waals surface area contributed by atoms with Gasteiger partial charge in [-0.3, -0.25) is 25.1 Å². The number of carbonyl (C=O) groups excluding carboxylic acids is 2. The van der Waals surface area contributed by atoms with Gasteiger partial charge in [0.1, 0.15) is 5.75 Å². The number of aryl methyl sites for hydroxylation is 2. The van der Waals surface area contributed by atoms with E-state index in [1.807, 2.05) is 6.92 Å². The van der Waals surface area contributed by atoms with Crippen LogP contribution in [-0.2, 0) is 7.05 Å². The minimum atomic E-state index is -0.600. The first-order valence-corrected chi connectivity index (χ1v) is 8.68. The molecule has 138 valence electrons. The number of para-hydroxylation sites is 1. The molecule has 8 nitrogen and oxygen atoms in total. The van der Waals surface area contributed by atoms with Gasteiger partial charge in [0.2, 0.25) is 0 Å². The van der Waals surface area contributed by atoms with Crippen LogP contribution in [0.4, 0.5) is 0 Å². The van der Waals surface area contributed by atoms with E-state index in [1.165, 1.54) is 12.1 Å². The number of fused-ring (bicyclic) bond motifs is 1. The Morgan fingerprint density at radius 3 is 2.48 bits per heavy atom. The van der Waals surface area contributed by atoms with Crippen molar-refractivity contribution >= 4 is 22.8 Å². The van der Waals surface area contributed by atoms with Crippen molar-refractivity contribution in [2.75, 3.05) is 0 Å². The average molecular weight is 365 g/mol. The number of carbonyl (C=O) groups is 2. The number of amides is 2. The summed E-state index contributed by atoms with van der Waals surface area (Å²) in [5, 5.41) is 14.8. The minimum Gasteiger partial charge on any atom is -0.507 e. The van der Waals surface area contributed by atoms with E-state index in [2.05, 4.69) is 20.9 Å². The van der Waals surface area contributed by atoms with Crippen molar-refractivity contribution in [1.29, 1.82) is 0 Å². The highest BCUT2D eigenvalue weighted by molar-refractivity contribution is 6.07. The van der Waals surface area contributed by atoms with Crippen molar-refractivity contribution in [2.24, 2.45) is 7.05 Å². The minimum absolute atomic E-state index is 0.0777. The number of benzene rings is 1. The topological polar surface area (TPSA) is 109 Å². The average Bonchev–Trinajstić information content (AvgIpc) is 3.46. The van der Waals surface area contributed by atoms with E-state index in [-0.39, 0.29) is 11.3 Å². The number of hydrogen-bond donors (Lipinski definition) is 3. The van der Waals surface area contributed by atoms with Gasteiger partial charge in [0, 0.05) is 18.7 Å². The van der Waals surface area contributed by atoms with E-state index >= 15 is 0 Å². The second-order valence-corrected chi connectivity index (χ2v) is 6.70. The van der Waals surface area contributed by atoms with Crippen LogP contribution in [0.15, 0.2) is 30.3 Å². The predicted octanol–water partition coefficient (Wildman–Crippen LogP) is 1.93. The first-order chi connectivity index (χ1) is 13.0. The Kier molecular flexibility index (Phi) is 4.02. The third-order valence-electron chi connectivity index (χ3n) is 4.67. The lowest BCUT2D eigenvalue weighted by Gasteiger charge is -2.10. The Morgan fingerprint density at radius 2 is 1.81 bits per heavy atom. The van der Waals surface area contributed by atoms with Crippen LogP contribution in [0.1, 0.15) is 50.9 Å². The molecule has 2 aromatic heterocycles. The molecule has 0 atom stereocenters. The van der Waals surface area contributed by atoms with E-state index in [4.69, 9.17) is 0 Å². The molecule has 3 aromatic rings. The van der Waals surface area contributed by atoms with E-state index in [0.29, 0.717) is 28.2 Å².